The van der Waals surface area contributed by atoms with Crippen molar-refractivity contribution < 1.29 is 9.53 Å². The van der Waals surface area contributed by atoms with E-state index in [0.717, 1.165) is 11.1 Å². The van der Waals surface area contributed by atoms with Crippen molar-refractivity contribution in [3.05, 3.63) is 64.6 Å². The van der Waals surface area contributed by atoms with Gasteiger partial charge in [-0.2, -0.15) is 5.10 Å². The van der Waals surface area contributed by atoms with Crippen molar-refractivity contribution in [2.24, 2.45) is 0 Å². The van der Waals surface area contributed by atoms with Gasteiger partial charge in [-0.25, -0.2) is 14.3 Å². The number of aryl methyl sites for hydroxylation is 1. The van der Waals surface area contributed by atoms with Crippen LogP contribution < -0.4 is 5.32 Å². The van der Waals surface area contributed by atoms with E-state index in [2.05, 4.69) is 15.4 Å². The molecular weight excluding hydrogens is 316 g/mol. The van der Waals surface area contributed by atoms with Gasteiger partial charge in [0.15, 0.2) is 5.65 Å². The van der Waals surface area contributed by atoms with Crippen molar-refractivity contribution in [1.29, 1.82) is 0 Å². The van der Waals surface area contributed by atoms with Crippen LogP contribution >= 0.6 is 11.6 Å². The number of rotatable bonds is 3. The number of fused-ring (bicyclic) bond motifs is 1. The third kappa shape index (κ3) is 2.85. The smallest absolute Gasteiger partial charge is 0.407 e. The zero-order valence-electron chi connectivity index (χ0n) is 12.7. The maximum absolute atomic E-state index is 11.8. The molecule has 1 aromatic carbocycles. The van der Waals surface area contributed by atoms with E-state index in [0.29, 0.717) is 16.4 Å². The highest BCUT2D eigenvalue weighted by molar-refractivity contribution is 6.31. The Morgan fingerprint density at radius 2 is 2.17 bits per heavy atom. The van der Waals surface area contributed by atoms with E-state index in [1.54, 1.807) is 29.0 Å². The number of methoxy groups -OCH3 is 1. The summed E-state index contributed by atoms with van der Waals surface area (Å²) in [5, 5.41) is 7.66. The number of hydrogen-bond acceptors (Lipinski definition) is 4. The van der Waals surface area contributed by atoms with Gasteiger partial charge in [-0.05, 0) is 30.7 Å². The number of hydrogen-bond donors (Lipinski definition) is 1. The number of carbonyl (C=O) groups is 1. The predicted octanol–water partition coefficient (Wildman–Crippen LogP) is 3.14. The van der Waals surface area contributed by atoms with E-state index < -0.39 is 12.1 Å². The van der Waals surface area contributed by atoms with Crippen LogP contribution in [0.2, 0.25) is 5.02 Å². The first kappa shape index (κ1) is 15.3. The summed E-state index contributed by atoms with van der Waals surface area (Å²) < 4.78 is 6.42. The number of nitrogens with one attached hydrogen (secondary N) is 1. The molecule has 0 fully saturated rings. The van der Waals surface area contributed by atoms with Crippen molar-refractivity contribution in [3.63, 3.8) is 0 Å². The molecule has 0 saturated carbocycles. The van der Waals surface area contributed by atoms with Crippen molar-refractivity contribution in [2.45, 2.75) is 13.0 Å². The normalized spacial score (nSPS) is 12.1. The van der Waals surface area contributed by atoms with Crippen molar-refractivity contribution in [2.75, 3.05) is 7.11 Å². The van der Waals surface area contributed by atoms with Gasteiger partial charge in [0.2, 0.25) is 0 Å². The average molecular weight is 331 g/mol. The Morgan fingerprint density at radius 3 is 2.91 bits per heavy atom. The number of ether oxygens (including phenoxy) is 1. The second-order valence-electron chi connectivity index (χ2n) is 5.02. The third-order valence-electron chi connectivity index (χ3n) is 3.61. The van der Waals surface area contributed by atoms with Crippen LogP contribution in [0.15, 0.2) is 42.7 Å². The Hall–Kier alpha value is -2.60. The lowest BCUT2D eigenvalue weighted by atomic mass is 9.99. The van der Waals surface area contributed by atoms with Crippen molar-refractivity contribution in [3.8, 4) is 0 Å². The van der Waals surface area contributed by atoms with E-state index >= 15 is 0 Å². The number of aromatic nitrogens is 3. The molecule has 23 heavy (non-hydrogen) atoms. The van der Waals surface area contributed by atoms with Gasteiger partial charge in [-0.15, -0.1) is 0 Å². The van der Waals surface area contributed by atoms with E-state index in [4.69, 9.17) is 16.3 Å². The second-order valence-corrected chi connectivity index (χ2v) is 5.42. The van der Waals surface area contributed by atoms with Gasteiger partial charge in [0, 0.05) is 16.8 Å². The van der Waals surface area contributed by atoms with E-state index in [9.17, 15) is 4.79 Å². The molecule has 2 heterocycles. The first-order valence-corrected chi connectivity index (χ1v) is 7.37. The van der Waals surface area contributed by atoms with E-state index in [1.165, 1.54) is 7.11 Å². The molecular formula is C16H15ClN4O2. The quantitative estimate of drug-likeness (QED) is 0.801. The number of amides is 1. The van der Waals surface area contributed by atoms with Crippen molar-refractivity contribution in [1.82, 2.24) is 19.9 Å². The van der Waals surface area contributed by atoms with Gasteiger partial charge in [-0.3, -0.25) is 0 Å². The molecule has 6 nitrogen and oxygen atoms in total. The molecule has 0 saturated heterocycles. The monoisotopic (exact) mass is 330 g/mol. The van der Waals surface area contributed by atoms with Crippen LogP contribution in [0.3, 0.4) is 0 Å². The summed E-state index contributed by atoms with van der Waals surface area (Å²) >= 11 is 6.38. The molecule has 3 rings (SSSR count). The van der Waals surface area contributed by atoms with Crippen LogP contribution in [-0.2, 0) is 4.74 Å². The fraction of sp³-hybridized carbons (Fsp3) is 0.188. The molecule has 0 spiro atoms. The summed E-state index contributed by atoms with van der Waals surface area (Å²) in [5.74, 6) is 0. The maximum atomic E-state index is 11.8. The van der Waals surface area contributed by atoms with Crippen molar-refractivity contribution >= 4 is 23.3 Å². The summed E-state index contributed by atoms with van der Waals surface area (Å²) in [6.07, 6.45) is 2.78. The first-order valence-electron chi connectivity index (χ1n) is 7.00. The van der Waals surface area contributed by atoms with Crippen LogP contribution in [0.4, 0.5) is 4.79 Å². The molecule has 0 aliphatic carbocycles. The number of imidazole rings is 1. The minimum Gasteiger partial charge on any atom is -0.453 e. The zero-order chi connectivity index (χ0) is 16.4. The Kier molecular flexibility index (Phi) is 4.16. The molecule has 2 aromatic heterocycles. The summed E-state index contributed by atoms with van der Waals surface area (Å²) in [6, 6.07) is 8.70. The molecule has 1 unspecified atom stereocenters. The van der Waals surface area contributed by atoms with Crippen LogP contribution in [0.25, 0.3) is 5.65 Å². The molecule has 0 aliphatic rings. The lowest BCUT2D eigenvalue weighted by molar-refractivity contribution is 0.168. The van der Waals surface area contributed by atoms with Crippen LogP contribution in [-0.4, -0.2) is 27.8 Å². The van der Waals surface area contributed by atoms with Gasteiger partial charge >= 0.3 is 6.09 Å². The van der Waals surface area contributed by atoms with Gasteiger partial charge in [-0.1, -0.05) is 23.7 Å². The summed E-state index contributed by atoms with van der Waals surface area (Å²) in [4.78, 5) is 16.1. The molecule has 1 N–H and O–H groups in total. The highest BCUT2D eigenvalue weighted by Crippen LogP contribution is 2.31. The zero-order valence-corrected chi connectivity index (χ0v) is 13.4. The summed E-state index contributed by atoms with van der Waals surface area (Å²) in [5.41, 5.74) is 3.11. The minimum atomic E-state index is -0.555. The number of benzene rings is 1. The number of nitrogens with zero attached hydrogens (tertiary/aromatic N) is 3. The summed E-state index contributed by atoms with van der Waals surface area (Å²) in [7, 11) is 1.32. The molecule has 118 valence electrons. The van der Waals surface area contributed by atoms with Crippen LogP contribution in [0.1, 0.15) is 22.9 Å². The fourth-order valence-electron chi connectivity index (χ4n) is 2.53. The topological polar surface area (TPSA) is 68.5 Å². The number of alkyl carbamates (subject to hydrolysis) is 1. The van der Waals surface area contributed by atoms with E-state index in [1.807, 2.05) is 25.1 Å². The molecule has 1 amide bonds. The first-order chi connectivity index (χ1) is 11.1. The Bertz CT molecular complexity index is 842. The molecule has 7 heteroatoms. The minimum absolute atomic E-state index is 0.527. The third-order valence-corrected chi connectivity index (χ3v) is 3.94. The number of halogens is 1. The molecule has 1 atom stereocenters. The lowest BCUT2D eigenvalue weighted by Gasteiger charge is -2.21. The SMILES string of the molecule is COC(=O)NC(c1c(C)cccc1Cl)c1cnc2cccnn12. The molecule has 0 radical (unpaired) electrons. The summed E-state index contributed by atoms with van der Waals surface area (Å²) in [6.45, 7) is 1.93. The van der Waals surface area contributed by atoms with Gasteiger partial charge in [0.25, 0.3) is 0 Å². The van der Waals surface area contributed by atoms with E-state index in [-0.39, 0.29) is 0 Å². The molecule has 0 bridgehead atoms. The van der Waals surface area contributed by atoms with Gasteiger partial charge < -0.3 is 10.1 Å². The fourth-order valence-corrected chi connectivity index (χ4v) is 2.86. The Labute approximate surface area is 138 Å². The number of carbonyl (C=O) groups excluding carboxylic acids is 1. The van der Waals surface area contributed by atoms with Gasteiger partial charge in [0.1, 0.15) is 6.04 Å². The van der Waals surface area contributed by atoms with Crippen LogP contribution in [0, 0.1) is 6.92 Å². The van der Waals surface area contributed by atoms with Gasteiger partial charge in [0.05, 0.1) is 19.0 Å². The Balaban J connectivity index is 2.18. The largest absolute Gasteiger partial charge is 0.453 e. The maximum Gasteiger partial charge on any atom is 0.407 e. The predicted molar refractivity (Wildman–Crippen MR) is 86.6 cm³/mol. The molecule has 0 aliphatic heterocycles. The highest BCUT2D eigenvalue weighted by atomic mass is 35.5. The highest BCUT2D eigenvalue weighted by Gasteiger charge is 2.25. The second kappa shape index (κ2) is 6.26. The lowest BCUT2D eigenvalue weighted by Crippen LogP contribution is -2.30. The molecule has 3 aromatic rings. The Morgan fingerprint density at radius 1 is 1.35 bits per heavy atom. The van der Waals surface area contributed by atoms with Crippen LogP contribution in [0.5, 0.6) is 0 Å². The standard InChI is InChI=1S/C16H15ClN4O2/c1-10-5-3-6-11(17)14(10)15(20-16(22)23-2)12-9-18-13-7-4-8-19-21(12)13/h3-9,15H,1-2H3,(H,20,22). The average Bonchev–Trinajstić information content (AvgIpc) is 2.97.